The van der Waals surface area contributed by atoms with Gasteiger partial charge >= 0.3 is 0 Å². The highest BCUT2D eigenvalue weighted by Gasteiger charge is 2.40. The Balaban J connectivity index is 1.10. The first-order valence-electron chi connectivity index (χ1n) is 14.2. The molecule has 2 unspecified atom stereocenters. The average Bonchev–Trinajstić information content (AvgIpc) is 3.70. The quantitative estimate of drug-likeness (QED) is 0.437. The summed E-state index contributed by atoms with van der Waals surface area (Å²) in [6.45, 7) is 1.76. The molecule has 2 bridgehead atoms. The van der Waals surface area contributed by atoms with Crippen molar-refractivity contribution >= 4 is 51.4 Å². The smallest absolute Gasteiger partial charge is 0.265 e. The minimum atomic E-state index is -0.409. The van der Waals surface area contributed by atoms with Crippen LogP contribution >= 0.6 is 22.9 Å². The van der Waals surface area contributed by atoms with E-state index in [9.17, 15) is 4.79 Å². The number of fused-ring (bicyclic) bond motifs is 3. The first-order chi connectivity index (χ1) is 19.9. The van der Waals surface area contributed by atoms with Gasteiger partial charge in [-0.3, -0.25) is 4.79 Å². The van der Waals surface area contributed by atoms with Gasteiger partial charge < -0.3 is 30.3 Å². The van der Waals surface area contributed by atoms with Crippen LogP contribution in [0.15, 0.2) is 18.5 Å². The summed E-state index contributed by atoms with van der Waals surface area (Å²) in [6.07, 6.45) is 9.08. The van der Waals surface area contributed by atoms with Gasteiger partial charge in [-0.05, 0) is 45.6 Å². The van der Waals surface area contributed by atoms with E-state index >= 15 is 4.39 Å². The molecule has 1 amide bonds. The van der Waals surface area contributed by atoms with Crippen molar-refractivity contribution in [2.24, 2.45) is 0 Å². The summed E-state index contributed by atoms with van der Waals surface area (Å²) in [6, 6.07) is 2.60. The molecule has 3 aromatic rings. The minimum Gasteiger partial charge on any atom is -0.489 e. The second-order valence-corrected chi connectivity index (χ2v) is 13.1. The number of anilines is 2. The Kier molecular flexibility index (Phi) is 7.04. The number of hydrogen-bond acceptors (Lipinski definition) is 9. The van der Waals surface area contributed by atoms with Gasteiger partial charge in [-0.2, -0.15) is 5.10 Å². The number of aromatic nitrogens is 3. The van der Waals surface area contributed by atoms with E-state index in [1.54, 1.807) is 6.07 Å². The lowest BCUT2D eigenvalue weighted by atomic mass is 10.0. The van der Waals surface area contributed by atoms with Crippen LogP contribution in [0.3, 0.4) is 0 Å². The predicted molar refractivity (Wildman–Crippen MR) is 156 cm³/mol. The molecule has 41 heavy (non-hydrogen) atoms. The molecule has 0 spiro atoms. The normalized spacial score (nSPS) is 26.5. The van der Waals surface area contributed by atoms with E-state index in [2.05, 4.69) is 27.3 Å². The fourth-order valence-electron chi connectivity index (χ4n) is 6.96. The molecule has 4 aliphatic rings. The lowest BCUT2D eigenvalue weighted by Gasteiger charge is -2.36. The first-order valence-corrected chi connectivity index (χ1v) is 15.4. The average molecular weight is 602 g/mol. The maximum Gasteiger partial charge on any atom is 0.265 e. The molecule has 3 fully saturated rings. The van der Waals surface area contributed by atoms with Crippen molar-refractivity contribution in [1.82, 2.24) is 24.8 Å². The molecule has 10 nitrogen and oxygen atoms in total. The lowest BCUT2D eigenvalue weighted by molar-refractivity contribution is 0.0652. The standard InChI is InChI=1S/C28H33ClFN7O3S/c1-35-17-4-5-18(35)10-19(9-17)40-20-11-21(29)41-26(20)28(38)34-16-3-2-7-36(12-16)24-22(30)23(15-6-8-39-13-15)37-25(24)27(31)32-14-33-37/h6,11,14,16-19H,2-5,7-10,12-13H2,1H3,(H,34,38)(H2,31,32,33)/t16-,17?,18?,19?/m1/s1. The van der Waals surface area contributed by atoms with Gasteiger partial charge in [0.05, 0.1) is 17.6 Å². The summed E-state index contributed by atoms with van der Waals surface area (Å²) in [5.74, 6) is 0.112. The number of halogens is 2. The maximum atomic E-state index is 16.1. The molecule has 3 atom stereocenters. The third kappa shape index (κ3) is 4.84. The zero-order chi connectivity index (χ0) is 28.2. The van der Waals surface area contributed by atoms with Gasteiger partial charge in [0.25, 0.3) is 5.91 Å². The number of ether oxygens (including phenoxy) is 2. The van der Waals surface area contributed by atoms with Crippen LogP contribution < -0.4 is 20.7 Å². The van der Waals surface area contributed by atoms with E-state index in [0.717, 1.165) is 31.3 Å². The molecule has 0 aromatic carbocycles. The molecule has 3 aromatic heterocycles. The van der Waals surface area contributed by atoms with Crippen molar-refractivity contribution in [1.29, 1.82) is 0 Å². The number of piperidine rings is 2. The van der Waals surface area contributed by atoms with E-state index in [0.29, 0.717) is 70.2 Å². The van der Waals surface area contributed by atoms with Crippen LogP contribution in [0.1, 0.15) is 53.9 Å². The molecule has 7 rings (SSSR count). The number of nitrogens with two attached hydrogens (primary N) is 1. The summed E-state index contributed by atoms with van der Waals surface area (Å²) in [7, 11) is 2.19. The third-order valence-electron chi connectivity index (χ3n) is 8.98. The lowest BCUT2D eigenvalue weighted by Crippen LogP contribution is -2.48. The highest BCUT2D eigenvalue weighted by atomic mass is 35.5. The maximum absolute atomic E-state index is 16.1. The minimum absolute atomic E-state index is 0.0689. The van der Waals surface area contributed by atoms with Gasteiger partial charge in [-0.1, -0.05) is 17.7 Å². The van der Waals surface area contributed by atoms with Gasteiger partial charge in [-0.25, -0.2) is 13.9 Å². The monoisotopic (exact) mass is 601 g/mol. The van der Waals surface area contributed by atoms with Gasteiger partial charge in [0.2, 0.25) is 0 Å². The number of nitrogens with one attached hydrogen (secondary N) is 1. The van der Waals surface area contributed by atoms with Gasteiger partial charge in [0, 0.05) is 42.9 Å². The molecule has 3 N–H and O–H groups in total. The molecule has 0 aliphatic carbocycles. The number of nitrogens with zero attached hydrogens (tertiary/aromatic N) is 5. The zero-order valence-corrected chi connectivity index (χ0v) is 24.4. The molecule has 0 radical (unpaired) electrons. The summed E-state index contributed by atoms with van der Waals surface area (Å²) >= 11 is 7.60. The van der Waals surface area contributed by atoms with Crippen molar-refractivity contribution < 1.29 is 18.7 Å². The van der Waals surface area contributed by atoms with E-state index in [-0.39, 0.29) is 23.9 Å². The number of hydrogen-bond donors (Lipinski definition) is 2. The first kappa shape index (κ1) is 26.9. The molecule has 0 saturated carbocycles. The Morgan fingerprint density at radius 1 is 1.29 bits per heavy atom. The van der Waals surface area contributed by atoms with Crippen molar-refractivity contribution in [3.05, 3.63) is 39.2 Å². The highest BCUT2D eigenvalue weighted by molar-refractivity contribution is 7.18. The molecular weight excluding hydrogens is 569 g/mol. The Morgan fingerprint density at radius 2 is 2.10 bits per heavy atom. The molecule has 218 valence electrons. The van der Waals surface area contributed by atoms with Crippen LogP contribution in [-0.4, -0.2) is 83.0 Å². The Labute approximate surface area is 246 Å². The van der Waals surface area contributed by atoms with Crippen molar-refractivity contribution in [2.45, 2.75) is 62.8 Å². The van der Waals surface area contributed by atoms with Crippen LogP contribution in [0.4, 0.5) is 15.9 Å². The largest absolute Gasteiger partial charge is 0.489 e. The van der Waals surface area contributed by atoms with Gasteiger partial charge in [-0.15, -0.1) is 11.3 Å². The Morgan fingerprint density at radius 3 is 2.85 bits per heavy atom. The third-order valence-corrected chi connectivity index (χ3v) is 10.2. The number of carbonyl (C=O) groups is 1. The summed E-state index contributed by atoms with van der Waals surface area (Å²) in [5.41, 5.74) is 8.09. The van der Waals surface area contributed by atoms with Crippen LogP contribution in [0.2, 0.25) is 4.34 Å². The van der Waals surface area contributed by atoms with Crippen LogP contribution in [0.25, 0.3) is 11.1 Å². The number of carbonyl (C=O) groups excluding carboxylic acids is 1. The molecule has 7 heterocycles. The number of thiophene rings is 1. The molecule has 13 heteroatoms. The zero-order valence-electron chi connectivity index (χ0n) is 22.8. The predicted octanol–water partition coefficient (Wildman–Crippen LogP) is 3.98. The number of amides is 1. The fraction of sp³-hybridized carbons (Fsp3) is 0.536. The summed E-state index contributed by atoms with van der Waals surface area (Å²) in [5, 5.41) is 7.48. The van der Waals surface area contributed by atoms with Crippen molar-refractivity contribution in [2.75, 3.05) is 44.0 Å². The second kappa shape index (κ2) is 10.7. The van der Waals surface area contributed by atoms with E-state index < -0.39 is 5.82 Å². The Bertz CT molecular complexity index is 1510. The van der Waals surface area contributed by atoms with E-state index in [4.69, 9.17) is 26.8 Å². The summed E-state index contributed by atoms with van der Waals surface area (Å²) < 4.78 is 30.0. The van der Waals surface area contributed by atoms with Crippen molar-refractivity contribution in [3.63, 3.8) is 0 Å². The van der Waals surface area contributed by atoms with E-state index in [1.807, 2.05) is 11.0 Å². The van der Waals surface area contributed by atoms with Crippen molar-refractivity contribution in [3.8, 4) is 5.75 Å². The fourth-order valence-corrected chi connectivity index (χ4v) is 8.01. The number of rotatable bonds is 6. The van der Waals surface area contributed by atoms with Crippen LogP contribution in [-0.2, 0) is 4.74 Å². The summed E-state index contributed by atoms with van der Waals surface area (Å²) in [4.78, 5) is 22.5. The SMILES string of the molecule is CN1C2CCC1CC(Oc1cc(Cl)sc1C(=O)N[C@@H]1CCCN(c3c(F)c(C4=CCOC4)n4ncnc(N)c34)C1)C2. The van der Waals surface area contributed by atoms with Gasteiger partial charge in [0.15, 0.2) is 11.6 Å². The van der Waals surface area contributed by atoms with E-state index in [1.165, 1.54) is 35.0 Å². The van der Waals surface area contributed by atoms with Crippen LogP contribution in [0, 0.1) is 5.82 Å². The van der Waals surface area contributed by atoms with Gasteiger partial charge in [0.1, 0.15) is 40.0 Å². The Hall–Kier alpha value is -2.93. The second-order valence-electron chi connectivity index (χ2n) is 11.4. The topological polar surface area (TPSA) is 110 Å². The van der Waals surface area contributed by atoms with Crippen LogP contribution in [0.5, 0.6) is 5.75 Å². The highest BCUT2D eigenvalue weighted by Crippen LogP contribution is 2.40. The molecule has 4 aliphatic heterocycles. The molecule has 3 saturated heterocycles. The number of nitrogen functional groups attached to an aromatic ring is 1. The molecular formula is C28H33ClFN7O3S.